The van der Waals surface area contributed by atoms with Crippen LogP contribution in [0.15, 0.2) is 28.7 Å². The van der Waals surface area contributed by atoms with Crippen molar-refractivity contribution in [3.8, 4) is 0 Å². The average molecular weight is 358 g/mol. The van der Waals surface area contributed by atoms with Crippen LogP contribution in [0.4, 0.5) is 4.79 Å². The second-order valence-electron chi connectivity index (χ2n) is 5.51. The van der Waals surface area contributed by atoms with Gasteiger partial charge in [0, 0.05) is 11.0 Å². The molecule has 1 atom stereocenters. The molecule has 1 aromatic rings. The van der Waals surface area contributed by atoms with E-state index in [-0.39, 0.29) is 6.54 Å². The Kier molecular flexibility index (Phi) is 6.20. The molecule has 1 aromatic carbocycles. The van der Waals surface area contributed by atoms with Crippen LogP contribution in [0, 0.1) is 0 Å². The molecule has 1 amide bonds. The molecule has 116 valence electrons. The van der Waals surface area contributed by atoms with Crippen molar-refractivity contribution in [2.75, 3.05) is 13.7 Å². The quantitative estimate of drug-likeness (QED) is 0.840. The van der Waals surface area contributed by atoms with E-state index in [2.05, 4.69) is 21.2 Å². The van der Waals surface area contributed by atoms with Crippen LogP contribution in [0.3, 0.4) is 0 Å². The minimum absolute atomic E-state index is 0.114. The lowest BCUT2D eigenvalue weighted by molar-refractivity contribution is -0.142. The van der Waals surface area contributed by atoms with Crippen LogP contribution in [0.1, 0.15) is 32.3 Å². The molecule has 0 saturated carbocycles. The van der Waals surface area contributed by atoms with E-state index in [1.165, 1.54) is 7.11 Å². The van der Waals surface area contributed by atoms with Crippen LogP contribution in [0.2, 0.25) is 0 Å². The standard InChI is InChI=1S/C15H20BrNO4/c1-15(2,3)21-14(19)17-9-12(13(18)20-4)10-5-7-11(16)8-6-10/h5-8,12H,9H2,1-4H3,(H,17,19). The number of nitrogens with one attached hydrogen (secondary N) is 1. The van der Waals surface area contributed by atoms with E-state index in [1.807, 2.05) is 24.3 Å². The molecule has 0 aliphatic heterocycles. The molecular weight excluding hydrogens is 338 g/mol. The molecule has 0 bridgehead atoms. The highest BCUT2D eigenvalue weighted by molar-refractivity contribution is 9.10. The van der Waals surface area contributed by atoms with E-state index in [0.717, 1.165) is 10.0 Å². The van der Waals surface area contributed by atoms with Crippen molar-refractivity contribution in [1.82, 2.24) is 5.32 Å². The van der Waals surface area contributed by atoms with E-state index in [0.29, 0.717) is 0 Å². The number of ether oxygens (including phenoxy) is 2. The first-order chi connectivity index (χ1) is 9.73. The summed E-state index contributed by atoms with van der Waals surface area (Å²) in [4.78, 5) is 23.5. The number of rotatable bonds is 4. The maximum absolute atomic E-state index is 11.9. The Morgan fingerprint density at radius 2 is 1.81 bits per heavy atom. The van der Waals surface area contributed by atoms with Gasteiger partial charge in [-0.3, -0.25) is 4.79 Å². The summed E-state index contributed by atoms with van der Waals surface area (Å²) in [5.74, 6) is -0.982. The van der Waals surface area contributed by atoms with Crippen LogP contribution < -0.4 is 5.32 Å². The number of amides is 1. The summed E-state index contributed by atoms with van der Waals surface area (Å²) >= 11 is 3.34. The lowest BCUT2D eigenvalue weighted by Gasteiger charge is -2.21. The van der Waals surface area contributed by atoms with Gasteiger partial charge in [-0.1, -0.05) is 28.1 Å². The minimum Gasteiger partial charge on any atom is -0.468 e. The molecule has 0 aliphatic carbocycles. The molecule has 6 heteroatoms. The normalized spacial score (nSPS) is 12.4. The van der Waals surface area contributed by atoms with E-state index >= 15 is 0 Å². The van der Waals surface area contributed by atoms with Gasteiger partial charge in [-0.25, -0.2) is 4.79 Å². The predicted molar refractivity (Wildman–Crippen MR) is 83.1 cm³/mol. The molecule has 0 aliphatic rings. The highest BCUT2D eigenvalue weighted by Crippen LogP contribution is 2.20. The number of methoxy groups -OCH3 is 1. The Hall–Kier alpha value is -1.56. The van der Waals surface area contributed by atoms with E-state index in [4.69, 9.17) is 9.47 Å². The number of carbonyl (C=O) groups is 2. The molecule has 1 rings (SSSR count). The molecule has 0 heterocycles. The Labute approximate surface area is 133 Å². The van der Waals surface area contributed by atoms with Crippen LogP contribution in [0.25, 0.3) is 0 Å². The molecule has 1 unspecified atom stereocenters. The van der Waals surface area contributed by atoms with Gasteiger partial charge in [0.25, 0.3) is 0 Å². The molecule has 0 aromatic heterocycles. The van der Waals surface area contributed by atoms with Gasteiger partial charge in [0.15, 0.2) is 0 Å². The van der Waals surface area contributed by atoms with E-state index in [1.54, 1.807) is 20.8 Å². The molecule has 0 radical (unpaired) electrons. The van der Waals surface area contributed by atoms with Crippen molar-refractivity contribution in [3.05, 3.63) is 34.3 Å². The summed E-state index contributed by atoms with van der Waals surface area (Å²) in [6.45, 7) is 5.44. The Morgan fingerprint density at radius 1 is 1.24 bits per heavy atom. The van der Waals surface area contributed by atoms with Crippen molar-refractivity contribution in [2.24, 2.45) is 0 Å². The second-order valence-corrected chi connectivity index (χ2v) is 6.43. The van der Waals surface area contributed by atoms with Crippen LogP contribution in [-0.2, 0) is 14.3 Å². The summed E-state index contributed by atoms with van der Waals surface area (Å²) < 4.78 is 10.8. The lowest BCUT2D eigenvalue weighted by Crippen LogP contribution is -2.36. The number of halogens is 1. The molecule has 0 spiro atoms. The summed E-state index contributed by atoms with van der Waals surface area (Å²) in [6, 6.07) is 7.28. The van der Waals surface area contributed by atoms with Gasteiger partial charge in [-0.05, 0) is 38.5 Å². The number of alkyl carbamates (subject to hydrolysis) is 1. The first-order valence-corrected chi connectivity index (χ1v) is 7.32. The third kappa shape index (κ3) is 6.16. The number of hydrogen-bond acceptors (Lipinski definition) is 4. The zero-order valence-electron chi connectivity index (χ0n) is 12.6. The molecular formula is C15H20BrNO4. The number of carbonyl (C=O) groups excluding carboxylic acids is 2. The number of esters is 1. The molecule has 0 saturated heterocycles. The van der Waals surface area contributed by atoms with Gasteiger partial charge in [-0.15, -0.1) is 0 Å². The van der Waals surface area contributed by atoms with Gasteiger partial charge in [0.1, 0.15) is 5.60 Å². The van der Waals surface area contributed by atoms with Gasteiger partial charge < -0.3 is 14.8 Å². The fourth-order valence-electron chi connectivity index (χ4n) is 1.67. The molecule has 21 heavy (non-hydrogen) atoms. The maximum Gasteiger partial charge on any atom is 0.407 e. The minimum atomic E-state index is -0.581. The van der Waals surface area contributed by atoms with Crippen molar-refractivity contribution < 1.29 is 19.1 Å². The van der Waals surface area contributed by atoms with Crippen molar-refractivity contribution in [1.29, 1.82) is 0 Å². The van der Waals surface area contributed by atoms with E-state index in [9.17, 15) is 9.59 Å². The summed E-state index contributed by atoms with van der Waals surface area (Å²) in [5.41, 5.74) is 0.184. The van der Waals surface area contributed by atoms with Crippen LogP contribution >= 0.6 is 15.9 Å². The van der Waals surface area contributed by atoms with Gasteiger partial charge in [0.05, 0.1) is 13.0 Å². The van der Waals surface area contributed by atoms with Crippen molar-refractivity contribution in [3.63, 3.8) is 0 Å². The van der Waals surface area contributed by atoms with Crippen molar-refractivity contribution >= 4 is 28.0 Å². The fraction of sp³-hybridized carbons (Fsp3) is 0.467. The average Bonchev–Trinajstić information content (AvgIpc) is 2.38. The molecule has 5 nitrogen and oxygen atoms in total. The summed E-state index contributed by atoms with van der Waals surface area (Å²) in [5, 5.41) is 2.59. The van der Waals surface area contributed by atoms with Crippen LogP contribution in [-0.4, -0.2) is 31.3 Å². The Bertz CT molecular complexity index is 493. The summed E-state index contributed by atoms with van der Waals surface area (Å²) in [6.07, 6.45) is -0.562. The van der Waals surface area contributed by atoms with Gasteiger partial charge in [0.2, 0.25) is 0 Å². The zero-order valence-corrected chi connectivity index (χ0v) is 14.2. The lowest BCUT2D eigenvalue weighted by atomic mass is 9.99. The first-order valence-electron chi connectivity index (χ1n) is 6.53. The molecule has 1 N–H and O–H groups in total. The topological polar surface area (TPSA) is 64.6 Å². The predicted octanol–water partition coefficient (Wildman–Crippen LogP) is 3.23. The highest BCUT2D eigenvalue weighted by Gasteiger charge is 2.23. The first kappa shape index (κ1) is 17.5. The second kappa shape index (κ2) is 7.45. The monoisotopic (exact) mass is 357 g/mol. The van der Waals surface area contributed by atoms with E-state index < -0.39 is 23.6 Å². The maximum atomic E-state index is 11.9. The van der Waals surface area contributed by atoms with Crippen molar-refractivity contribution in [2.45, 2.75) is 32.3 Å². The number of hydrogen-bond donors (Lipinski definition) is 1. The largest absolute Gasteiger partial charge is 0.468 e. The SMILES string of the molecule is COC(=O)C(CNC(=O)OC(C)(C)C)c1ccc(Br)cc1. The third-order valence-corrected chi connectivity index (χ3v) is 3.14. The Morgan fingerprint density at radius 3 is 2.29 bits per heavy atom. The van der Waals surface area contributed by atoms with Gasteiger partial charge in [-0.2, -0.15) is 0 Å². The highest BCUT2D eigenvalue weighted by atomic mass is 79.9. The molecule has 0 fully saturated rings. The number of benzene rings is 1. The summed E-state index contributed by atoms with van der Waals surface area (Å²) in [7, 11) is 1.32. The van der Waals surface area contributed by atoms with Gasteiger partial charge >= 0.3 is 12.1 Å². The fourth-order valence-corrected chi connectivity index (χ4v) is 1.94. The Balaban J connectivity index is 2.74. The smallest absolute Gasteiger partial charge is 0.407 e. The zero-order chi connectivity index (χ0) is 16.0. The van der Waals surface area contributed by atoms with Crippen LogP contribution in [0.5, 0.6) is 0 Å². The third-order valence-electron chi connectivity index (χ3n) is 2.61.